The molecule has 1 amide bonds. The molecule has 34 heavy (non-hydrogen) atoms. The molecule has 0 radical (unpaired) electrons. The minimum atomic E-state index is -4.52. The maximum Gasteiger partial charge on any atom is 0.417 e. The van der Waals surface area contributed by atoms with E-state index in [1.807, 2.05) is 0 Å². The number of sulfonamides is 1. The molecule has 6 nitrogen and oxygen atoms in total. The molecule has 1 fully saturated rings. The van der Waals surface area contributed by atoms with E-state index in [1.165, 1.54) is 58.8 Å². The molecule has 1 aromatic carbocycles. The van der Waals surface area contributed by atoms with Crippen molar-refractivity contribution in [3.8, 4) is 11.1 Å². The molecule has 1 aliphatic rings. The number of carbonyl (C=O) groups excluding carboxylic acids is 1. The molecule has 1 atom stereocenters. The predicted octanol–water partition coefficient (Wildman–Crippen LogP) is 5.18. The Morgan fingerprint density at radius 3 is 2.56 bits per heavy atom. The Balaban J connectivity index is 1.47. The molecule has 3 heterocycles. The molecule has 0 bridgehead atoms. The van der Waals surface area contributed by atoms with Crippen molar-refractivity contribution >= 4 is 50.8 Å². The SMILES string of the molecule is O=C1[C@@H](NS(=O)(=O)/C=C/c2ccc(Cl)s2)CCN1c1ccc(-c2ccccc2C(F)(F)F)cn1. The lowest BCUT2D eigenvalue weighted by atomic mass is 10.0. The molecular formula is C22H17ClF3N3O3S2. The molecule has 0 aliphatic carbocycles. The van der Waals surface area contributed by atoms with E-state index >= 15 is 0 Å². The van der Waals surface area contributed by atoms with Gasteiger partial charge in [-0.3, -0.25) is 9.69 Å². The van der Waals surface area contributed by atoms with Gasteiger partial charge in [0.2, 0.25) is 15.9 Å². The number of rotatable bonds is 6. The van der Waals surface area contributed by atoms with Gasteiger partial charge in [0.05, 0.1) is 9.90 Å². The smallest absolute Gasteiger partial charge is 0.295 e. The summed E-state index contributed by atoms with van der Waals surface area (Å²) in [6, 6.07) is 10.4. The first-order chi connectivity index (χ1) is 16.0. The van der Waals surface area contributed by atoms with Gasteiger partial charge in [0.15, 0.2) is 0 Å². The van der Waals surface area contributed by atoms with Gasteiger partial charge >= 0.3 is 6.18 Å². The number of amides is 1. The van der Waals surface area contributed by atoms with Crippen molar-refractivity contribution in [2.45, 2.75) is 18.6 Å². The van der Waals surface area contributed by atoms with E-state index in [9.17, 15) is 26.4 Å². The number of alkyl halides is 3. The first kappa shape index (κ1) is 24.4. The number of nitrogens with zero attached hydrogens (tertiary/aromatic N) is 2. The van der Waals surface area contributed by atoms with Crippen LogP contribution in [0.25, 0.3) is 17.2 Å². The molecule has 3 aromatic rings. The Labute approximate surface area is 202 Å². The third-order valence-corrected chi connectivity index (χ3v) is 7.39. The van der Waals surface area contributed by atoms with Crippen molar-refractivity contribution in [1.29, 1.82) is 0 Å². The summed E-state index contributed by atoms with van der Waals surface area (Å²) in [5.74, 6) is -0.268. The summed E-state index contributed by atoms with van der Waals surface area (Å²) in [5.41, 5.74) is -0.556. The summed E-state index contributed by atoms with van der Waals surface area (Å²) in [7, 11) is -3.90. The second-order valence-corrected chi connectivity index (χ2v) is 10.7. The van der Waals surface area contributed by atoms with Crippen LogP contribution in [-0.2, 0) is 21.0 Å². The Hall–Kier alpha value is -2.73. The zero-order chi connectivity index (χ0) is 24.5. The fourth-order valence-electron chi connectivity index (χ4n) is 3.52. The summed E-state index contributed by atoms with van der Waals surface area (Å²) in [6.07, 6.45) is -1.65. The highest BCUT2D eigenvalue weighted by atomic mass is 35.5. The highest BCUT2D eigenvalue weighted by Crippen LogP contribution is 2.37. The number of thiophene rings is 1. The van der Waals surface area contributed by atoms with Crippen molar-refractivity contribution < 1.29 is 26.4 Å². The Morgan fingerprint density at radius 1 is 1.15 bits per heavy atom. The van der Waals surface area contributed by atoms with Crippen LogP contribution < -0.4 is 9.62 Å². The molecule has 1 N–H and O–H groups in total. The topological polar surface area (TPSA) is 79.4 Å². The van der Waals surface area contributed by atoms with Crippen LogP contribution in [0, 0.1) is 0 Å². The number of pyridine rings is 1. The Bertz CT molecular complexity index is 1340. The normalized spacial score (nSPS) is 17.1. The first-order valence-corrected chi connectivity index (χ1v) is 12.7. The maximum absolute atomic E-state index is 13.3. The van der Waals surface area contributed by atoms with Crippen molar-refractivity contribution in [1.82, 2.24) is 9.71 Å². The number of benzene rings is 1. The van der Waals surface area contributed by atoms with E-state index in [1.54, 1.807) is 12.1 Å². The van der Waals surface area contributed by atoms with Gasteiger partial charge in [0, 0.05) is 28.6 Å². The molecule has 4 rings (SSSR count). The molecule has 2 aromatic heterocycles. The van der Waals surface area contributed by atoms with Gasteiger partial charge in [0.1, 0.15) is 11.9 Å². The van der Waals surface area contributed by atoms with E-state index in [0.717, 1.165) is 11.5 Å². The van der Waals surface area contributed by atoms with Crippen LogP contribution in [0.2, 0.25) is 4.34 Å². The molecular weight excluding hydrogens is 511 g/mol. The molecule has 1 saturated heterocycles. The van der Waals surface area contributed by atoms with Crippen molar-refractivity contribution in [2.75, 3.05) is 11.4 Å². The van der Waals surface area contributed by atoms with Crippen LogP contribution in [0.4, 0.5) is 19.0 Å². The summed E-state index contributed by atoms with van der Waals surface area (Å²) in [6.45, 7) is 0.210. The van der Waals surface area contributed by atoms with Gasteiger partial charge in [-0.05, 0) is 48.4 Å². The van der Waals surface area contributed by atoms with Gasteiger partial charge < -0.3 is 0 Å². The monoisotopic (exact) mass is 527 g/mol. The fourth-order valence-corrected chi connectivity index (χ4v) is 5.59. The van der Waals surface area contributed by atoms with Gasteiger partial charge in [-0.1, -0.05) is 29.8 Å². The fraction of sp³-hybridized carbons (Fsp3) is 0.182. The zero-order valence-electron chi connectivity index (χ0n) is 17.3. The highest BCUT2D eigenvalue weighted by Gasteiger charge is 2.36. The molecule has 0 spiro atoms. The number of aromatic nitrogens is 1. The van der Waals surface area contributed by atoms with Gasteiger partial charge in [-0.15, -0.1) is 11.3 Å². The van der Waals surface area contributed by atoms with Crippen molar-refractivity contribution in [3.05, 3.63) is 74.9 Å². The number of nitrogens with one attached hydrogen (secondary N) is 1. The second kappa shape index (κ2) is 9.49. The number of anilines is 1. The minimum absolute atomic E-state index is 0.0220. The van der Waals surface area contributed by atoms with Gasteiger partial charge in [0.25, 0.3) is 0 Å². The standard InChI is InChI=1S/C22H17ClF3N3O3S2/c23-19-7-6-15(33-19)10-12-34(31,32)28-18-9-11-29(21(18)30)20-8-5-14(13-27-20)16-3-1-2-4-17(16)22(24,25)26/h1-8,10,12-13,18,28H,9,11H2/b12-10+/t18-/m0/s1. The lowest BCUT2D eigenvalue weighted by Gasteiger charge is -2.17. The average molecular weight is 528 g/mol. The second-order valence-electron chi connectivity index (χ2n) is 7.39. The summed E-state index contributed by atoms with van der Waals surface area (Å²) in [4.78, 5) is 18.9. The molecule has 178 valence electrons. The van der Waals surface area contributed by atoms with E-state index < -0.39 is 33.7 Å². The van der Waals surface area contributed by atoms with Crippen LogP contribution in [0.5, 0.6) is 0 Å². The Morgan fingerprint density at radius 2 is 1.91 bits per heavy atom. The number of hydrogen-bond acceptors (Lipinski definition) is 5. The zero-order valence-corrected chi connectivity index (χ0v) is 19.7. The van der Waals surface area contributed by atoms with Crippen LogP contribution in [-0.4, -0.2) is 31.9 Å². The molecule has 0 saturated carbocycles. The number of carbonyl (C=O) groups is 1. The van der Waals surface area contributed by atoms with E-state index in [2.05, 4.69) is 9.71 Å². The molecule has 1 aliphatic heterocycles. The summed E-state index contributed by atoms with van der Waals surface area (Å²) in [5, 5.41) is 0.968. The molecule has 12 heteroatoms. The number of hydrogen-bond donors (Lipinski definition) is 1. The summed E-state index contributed by atoms with van der Waals surface area (Å²) >= 11 is 7.04. The lowest BCUT2D eigenvalue weighted by Crippen LogP contribution is -2.40. The Kier molecular flexibility index (Phi) is 6.81. The van der Waals surface area contributed by atoms with E-state index in [-0.39, 0.29) is 29.9 Å². The summed E-state index contributed by atoms with van der Waals surface area (Å²) < 4.78 is 67.5. The number of halogens is 4. The van der Waals surface area contributed by atoms with Gasteiger partial charge in [-0.25, -0.2) is 13.4 Å². The van der Waals surface area contributed by atoms with Crippen LogP contribution in [0.15, 0.2) is 60.1 Å². The van der Waals surface area contributed by atoms with E-state index in [4.69, 9.17) is 11.6 Å². The quantitative estimate of drug-likeness (QED) is 0.479. The highest BCUT2D eigenvalue weighted by molar-refractivity contribution is 7.92. The third-order valence-electron chi connectivity index (χ3n) is 5.09. The van der Waals surface area contributed by atoms with Crippen LogP contribution in [0.1, 0.15) is 16.9 Å². The predicted molar refractivity (Wildman–Crippen MR) is 126 cm³/mol. The molecule has 0 unspecified atom stereocenters. The minimum Gasteiger partial charge on any atom is -0.295 e. The van der Waals surface area contributed by atoms with Crippen LogP contribution in [0.3, 0.4) is 0 Å². The van der Waals surface area contributed by atoms with Crippen molar-refractivity contribution in [3.63, 3.8) is 0 Å². The average Bonchev–Trinajstić information content (AvgIpc) is 3.37. The first-order valence-electron chi connectivity index (χ1n) is 9.93. The maximum atomic E-state index is 13.3. The lowest BCUT2D eigenvalue weighted by molar-refractivity contribution is -0.137. The largest absolute Gasteiger partial charge is 0.417 e. The van der Waals surface area contributed by atoms with E-state index in [0.29, 0.717) is 9.21 Å². The van der Waals surface area contributed by atoms with Gasteiger partial charge in [-0.2, -0.15) is 17.9 Å². The van der Waals surface area contributed by atoms with Crippen molar-refractivity contribution in [2.24, 2.45) is 0 Å². The third kappa shape index (κ3) is 5.49. The van der Waals surface area contributed by atoms with Crippen LogP contribution >= 0.6 is 22.9 Å².